The average molecular weight is 647 g/mol. The lowest BCUT2D eigenvalue weighted by Crippen LogP contribution is -2.25. The van der Waals surface area contributed by atoms with E-state index in [1.165, 1.54) is 57.8 Å². The Kier molecular flexibility index (Phi) is 32.5. The van der Waals surface area contributed by atoms with Crippen molar-refractivity contribution in [1.82, 2.24) is 0 Å². The number of allylic oxidation sites excluding steroid dienone is 8. The highest BCUT2D eigenvalue weighted by atomic mass is 16.6. The minimum atomic E-state index is -0.994. The molecule has 6 heteroatoms. The van der Waals surface area contributed by atoms with Crippen molar-refractivity contribution in [3.8, 4) is 0 Å². The van der Waals surface area contributed by atoms with Crippen LogP contribution in [0.4, 0.5) is 0 Å². The molecular weight excluding hydrogens is 576 g/mol. The fraction of sp³-hybridized carbons (Fsp3) is 0.750. The van der Waals surface area contributed by atoms with E-state index >= 15 is 0 Å². The van der Waals surface area contributed by atoms with Gasteiger partial charge < -0.3 is 19.7 Å². The van der Waals surface area contributed by atoms with Crippen molar-refractivity contribution < 1.29 is 29.3 Å². The predicted molar refractivity (Wildman–Crippen MR) is 193 cm³/mol. The molecule has 0 saturated carbocycles. The Hall–Kier alpha value is -2.18. The highest BCUT2D eigenvalue weighted by Crippen LogP contribution is 2.15. The Labute approximate surface area is 282 Å². The van der Waals surface area contributed by atoms with E-state index < -0.39 is 6.10 Å². The molecule has 0 spiro atoms. The molecule has 0 amide bonds. The second-order valence-corrected chi connectivity index (χ2v) is 12.7. The summed E-state index contributed by atoms with van der Waals surface area (Å²) in [5.74, 6) is 0.224. The number of aliphatic hydroxyl groups excluding tert-OH is 2. The third-order valence-corrected chi connectivity index (χ3v) is 8.27. The van der Waals surface area contributed by atoms with Crippen molar-refractivity contribution in [3.63, 3.8) is 0 Å². The zero-order valence-electron chi connectivity index (χ0n) is 29.8. The van der Waals surface area contributed by atoms with E-state index in [1.807, 2.05) is 6.92 Å². The molecule has 0 aliphatic rings. The van der Waals surface area contributed by atoms with Gasteiger partial charge in [0.1, 0.15) is 19.3 Å². The topological polar surface area (TPSA) is 93.1 Å². The first-order valence-corrected chi connectivity index (χ1v) is 18.7. The highest BCUT2D eigenvalue weighted by Gasteiger charge is 2.12. The summed E-state index contributed by atoms with van der Waals surface area (Å²) in [6, 6.07) is 0. The molecule has 3 atom stereocenters. The van der Waals surface area contributed by atoms with E-state index in [1.54, 1.807) is 0 Å². The molecular formula is C40H70O6. The number of carbonyl (C=O) groups is 2. The Morgan fingerprint density at radius 3 is 1.46 bits per heavy atom. The van der Waals surface area contributed by atoms with E-state index in [9.17, 15) is 19.8 Å². The Balaban J connectivity index is 3.58. The first-order valence-electron chi connectivity index (χ1n) is 18.7. The van der Waals surface area contributed by atoms with Crippen molar-refractivity contribution in [3.05, 3.63) is 48.6 Å². The largest absolute Gasteiger partial charge is 0.463 e. The first-order chi connectivity index (χ1) is 22.4. The van der Waals surface area contributed by atoms with Crippen LogP contribution in [0, 0.1) is 5.92 Å². The third-order valence-electron chi connectivity index (χ3n) is 8.27. The lowest BCUT2D eigenvalue weighted by atomic mass is 9.99. The van der Waals surface area contributed by atoms with E-state index in [0.29, 0.717) is 19.3 Å². The molecule has 0 fully saturated rings. The van der Waals surface area contributed by atoms with E-state index in [2.05, 4.69) is 62.5 Å². The number of hydrogen-bond acceptors (Lipinski definition) is 6. The Morgan fingerprint density at radius 1 is 0.522 bits per heavy atom. The minimum absolute atomic E-state index is 0.141. The van der Waals surface area contributed by atoms with Gasteiger partial charge in [-0.3, -0.25) is 9.59 Å². The predicted octanol–water partition coefficient (Wildman–Crippen LogP) is 10.3. The number of aliphatic hydroxyl groups is 2. The molecule has 0 bridgehead atoms. The van der Waals surface area contributed by atoms with E-state index in [-0.39, 0.29) is 31.3 Å². The maximum absolute atomic E-state index is 11.9. The molecule has 1 unspecified atom stereocenters. The molecule has 0 aliphatic carbocycles. The van der Waals surface area contributed by atoms with Gasteiger partial charge in [-0.1, -0.05) is 140 Å². The van der Waals surface area contributed by atoms with Gasteiger partial charge in [-0.25, -0.2) is 0 Å². The Bertz CT molecular complexity index is 815. The van der Waals surface area contributed by atoms with Crippen molar-refractivity contribution >= 4 is 11.9 Å². The number of rotatable bonds is 32. The number of esters is 2. The summed E-state index contributed by atoms with van der Waals surface area (Å²) in [6.07, 6.45) is 38.2. The fourth-order valence-corrected chi connectivity index (χ4v) is 4.86. The quantitative estimate of drug-likeness (QED) is 0.0429. The van der Waals surface area contributed by atoms with Gasteiger partial charge in [0.15, 0.2) is 0 Å². The van der Waals surface area contributed by atoms with Crippen LogP contribution in [0.15, 0.2) is 48.6 Å². The van der Waals surface area contributed by atoms with Crippen LogP contribution in [0.1, 0.15) is 162 Å². The summed E-state index contributed by atoms with van der Waals surface area (Å²) < 4.78 is 10.3. The minimum Gasteiger partial charge on any atom is -0.463 e. The summed E-state index contributed by atoms with van der Waals surface area (Å²) in [4.78, 5) is 23.9. The standard InChI is InChI=1S/C40H70O6/c1-4-36(3)30-26-22-18-14-12-13-17-21-25-29-33-40(44)46-35-38(42)34-45-39(43)32-28-24-20-16-11-9-7-6-8-10-15-19-23-27-31-37(41)5-2/h7-10,16,19-20,23,36-38,41-42H,4-6,11-15,17-18,21-22,24-35H2,1-3H3/b9-7-,10-8-,20-16-,23-19-/t36?,37-,38+/m0/s1. The van der Waals surface area contributed by atoms with Crippen molar-refractivity contribution in [2.24, 2.45) is 5.92 Å². The molecule has 6 nitrogen and oxygen atoms in total. The summed E-state index contributed by atoms with van der Waals surface area (Å²) in [6.45, 7) is 6.32. The SMILES string of the molecule is CCC(C)CCCCCCCCCCCCC(=O)OC[C@H](O)COC(=O)CCC/C=C\C/C=C\C/C=C\C/C=C\CC[C@@H](O)CC. The fourth-order valence-electron chi connectivity index (χ4n) is 4.86. The molecule has 0 aromatic carbocycles. The summed E-state index contributed by atoms with van der Waals surface area (Å²) >= 11 is 0. The lowest BCUT2D eigenvalue weighted by Gasteiger charge is -2.12. The maximum atomic E-state index is 11.9. The van der Waals surface area contributed by atoms with Gasteiger partial charge in [-0.2, -0.15) is 0 Å². The molecule has 46 heavy (non-hydrogen) atoms. The van der Waals surface area contributed by atoms with Crippen LogP contribution in [-0.2, 0) is 19.1 Å². The Morgan fingerprint density at radius 2 is 0.957 bits per heavy atom. The number of unbranched alkanes of at least 4 members (excludes halogenated alkanes) is 10. The molecule has 2 N–H and O–H groups in total. The summed E-state index contributed by atoms with van der Waals surface area (Å²) in [5, 5.41) is 19.5. The highest BCUT2D eigenvalue weighted by molar-refractivity contribution is 5.69. The third kappa shape index (κ3) is 33.2. The van der Waals surface area contributed by atoms with Gasteiger partial charge in [-0.05, 0) is 63.7 Å². The zero-order valence-corrected chi connectivity index (χ0v) is 29.8. The van der Waals surface area contributed by atoms with Crippen LogP contribution in [-0.4, -0.2) is 47.6 Å². The van der Waals surface area contributed by atoms with Gasteiger partial charge in [0.25, 0.3) is 0 Å². The second kappa shape index (κ2) is 34.2. The smallest absolute Gasteiger partial charge is 0.305 e. The van der Waals surface area contributed by atoms with Gasteiger partial charge >= 0.3 is 11.9 Å². The monoisotopic (exact) mass is 647 g/mol. The van der Waals surface area contributed by atoms with Crippen LogP contribution in [0.2, 0.25) is 0 Å². The van der Waals surface area contributed by atoms with Crippen molar-refractivity contribution in [2.75, 3.05) is 13.2 Å². The lowest BCUT2D eigenvalue weighted by molar-refractivity contribution is -0.152. The first kappa shape index (κ1) is 43.8. The van der Waals surface area contributed by atoms with Gasteiger partial charge in [0.2, 0.25) is 0 Å². The summed E-state index contributed by atoms with van der Waals surface area (Å²) in [7, 11) is 0. The van der Waals surface area contributed by atoms with Crippen LogP contribution in [0.25, 0.3) is 0 Å². The maximum Gasteiger partial charge on any atom is 0.305 e. The van der Waals surface area contributed by atoms with E-state index in [0.717, 1.165) is 70.1 Å². The molecule has 0 aromatic heterocycles. The number of carbonyl (C=O) groups excluding carboxylic acids is 2. The molecule has 0 aromatic rings. The van der Waals surface area contributed by atoms with Gasteiger partial charge in [0.05, 0.1) is 6.10 Å². The number of ether oxygens (including phenoxy) is 2. The van der Waals surface area contributed by atoms with Crippen molar-refractivity contribution in [1.29, 1.82) is 0 Å². The van der Waals surface area contributed by atoms with Crippen molar-refractivity contribution in [2.45, 2.75) is 174 Å². The number of hydrogen-bond donors (Lipinski definition) is 2. The second-order valence-electron chi connectivity index (χ2n) is 12.7. The molecule has 0 aliphatic heterocycles. The van der Waals surface area contributed by atoms with Gasteiger partial charge in [-0.15, -0.1) is 0 Å². The molecule has 266 valence electrons. The molecule has 0 rings (SSSR count). The average Bonchev–Trinajstić information content (AvgIpc) is 3.06. The van der Waals surface area contributed by atoms with E-state index in [4.69, 9.17) is 9.47 Å². The van der Waals surface area contributed by atoms with Crippen LogP contribution < -0.4 is 0 Å². The molecule has 0 radical (unpaired) electrons. The normalized spacial score (nSPS) is 14.1. The summed E-state index contributed by atoms with van der Waals surface area (Å²) in [5.41, 5.74) is 0. The van der Waals surface area contributed by atoms with Crippen LogP contribution >= 0.6 is 0 Å². The van der Waals surface area contributed by atoms with Crippen LogP contribution in [0.5, 0.6) is 0 Å². The van der Waals surface area contributed by atoms with Gasteiger partial charge in [0, 0.05) is 12.8 Å². The van der Waals surface area contributed by atoms with Crippen LogP contribution in [0.3, 0.4) is 0 Å². The molecule has 0 heterocycles. The molecule has 0 saturated heterocycles. The zero-order chi connectivity index (χ0) is 33.9.